The maximum atomic E-state index is 12.3. The first-order valence-corrected chi connectivity index (χ1v) is 11.6. The SMILES string of the molecule is C=CCn1c(COc2ccc(C)cc2C)nnc1SCC(=O)Nc1ccc(Br)c(Cl)c1. The van der Waals surface area contributed by atoms with Gasteiger partial charge in [0.25, 0.3) is 0 Å². The largest absolute Gasteiger partial charge is 0.485 e. The lowest BCUT2D eigenvalue weighted by Gasteiger charge is -2.11. The Morgan fingerprint density at radius 2 is 2.10 bits per heavy atom. The number of nitrogens with zero attached hydrogens (tertiary/aromatic N) is 3. The number of thioether (sulfide) groups is 1. The number of hydrogen-bond donors (Lipinski definition) is 1. The minimum atomic E-state index is -0.162. The van der Waals surface area contributed by atoms with Crippen LogP contribution in [0.15, 0.2) is 58.7 Å². The predicted molar refractivity (Wildman–Crippen MR) is 129 cm³/mol. The highest BCUT2D eigenvalue weighted by molar-refractivity contribution is 9.10. The van der Waals surface area contributed by atoms with Crippen molar-refractivity contribution in [3.05, 3.63) is 75.5 Å². The molecule has 0 bridgehead atoms. The zero-order valence-electron chi connectivity index (χ0n) is 17.2. The molecule has 9 heteroatoms. The van der Waals surface area contributed by atoms with Crippen LogP contribution in [0.4, 0.5) is 5.69 Å². The van der Waals surface area contributed by atoms with Gasteiger partial charge in [0.15, 0.2) is 11.0 Å². The summed E-state index contributed by atoms with van der Waals surface area (Å²) in [5.41, 5.74) is 2.88. The van der Waals surface area contributed by atoms with Crippen LogP contribution in [0.2, 0.25) is 5.02 Å². The first-order valence-electron chi connectivity index (χ1n) is 9.48. The van der Waals surface area contributed by atoms with E-state index in [2.05, 4.69) is 44.1 Å². The van der Waals surface area contributed by atoms with Crippen molar-refractivity contribution in [1.29, 1.82) is 0 Å². The summed E-state index contributed by atoms with van der Waals surface area (Å²) < 4.78 is 8.61. The van der Waals surface area contributed by atoms with E-state index in [-0.39, 0.29) is 18.3 Å². The Morgan fingerprint density at radius 1 is 1.29 bits per heavy atom. The van der Waals surface area contributed by atoms with E-state index >= 15 is 0 Å². The molecule has 0 saturated heterocycles. The van der Waals surface area contributed by atoms with Crippen molar-refractivity contribution >= 4 is 50.9 Å². The van der Waals surface area contributed by atoms with E-state index in [1.54, 1.807) is 24.3 Å². The Balaban J connectivity index is 1.63. The molecule has 0 aliphatic rings. The molecule has 2 aromatic carbocycles. The second-order valence-electron chi connectivity index (χ2n) is 6.82. The Kier molecular flexibility index (Phi) is 8.17. The third-order valence-corrected chi connectivity index (χ3v) is 6.53. The molecule has 162 valence electrons. The molecule has 6 nitrogen and oxygen atoms in total. The number of carbonyl (C=O) groups excluding carboxylic acids is 1. The molecule has 31 heavy (non-hydrogen) atoms. The van der Waals surface area contributed by atoms with Gasteiger partial charge in [0.05, 0.1) is 10.8 Å². The van der Waals surface area contributed by atoms with Crippen molar-refractivity contribution in [3.8, 4) is 5.75 Å². The topological polar surface area (TPSA) is 69.0 Å². The summed E-state index contributed by atoms with van der Waals surface area (Å²) in [6, 6.07) is 11.3. The third-order valence-electron chi connectivity index (χ3n) is 4.33. The van der Waals surface area contributed by atoms with Crippen LogP contribution in [0.25, 0.3) is 0 Å². The minimum Gasteiger partial charge on any atom is -0.485 e. The molecule has 1 aromatic heterocycles. The smallest absolute Gasteiger partial charge is 0.234 e. The van der Waals surface area contributed by atoms with E-state index < -0.39 is 0 Å². The molecule has 0 atom stereocenters. The standard InChI is InChI=1S/C22H22BrClN4O2S/c1-4-9-28-20(12-30-19-8-5-14(2)10-15(19)3)26-27-22(28)31-13-21(29)25-16-6-7-17(23)18(24)11-16/h4-8,10-11H,1,9,12-13H2,2-3H3,(H,25,29). The number of halogens is 2. The molecule has 0 unspecified atom stereocenters. The average molecular weight is 522 g/mol. The molecule has 0 aliphatic carbocycles. The summed E-state index contributed by atoms with van der Waals surface area (Å²) in [4.78, 5) is 12.3. The maximum absolute atomic E-state index is 12.3. The number of nitrogens with one attached hydrogen (secondary N) is 1. The highest BCUT2D eigenvalue weighted by Gasteiger charge is 2.15. The fourth-order valence-corrected chi connectivity index (χ4v) is 4.04. The molecule has 0 fully saturated rings. The fraction of sp³-hybridized carbons (Fsp3) is 0.227. The number of amides is 1. The average Bonchev–Trinajstić information content (AvgIpc) is 3.10. The van der Waals surface area contributed by atoms with Crippen LogP contribution >= 0.6 is 39.3 Å². The lowest BCUT2D eigenvalue weighted by Crippen LogP contribution is -2.15. The molecule has 3 rings (SSSR count). The van der Waals surface area contributed by atoms with Crippen LogP contribution in [0.5, 0.6) is 5.75 Å². The predicted octanol–water partition coefficient (Wildman–Crippen LogP) is 5.81. The normalized spacial score (nSPS) is 10.7. The van der Waals surface area contributed by atoms with Gasteiger partial charge >= 0.3 is 0 Å². The van der Waals surface area contributed by atoms with Crippen molar-refractivity contribution in [1.82, 2.24) is 14.8 Å². The zero-order valence-corrected chi connectivity index (χ0v) is 20.4. The minimum absolute atomic E-state index is 0.162. The van der Waals surface area contributed by atoms with Gasteiger partial charge in [0.2, 0.25) is 5.91 Å². The fourth-order valence-electron chi connectivity index (χ4n) is 2.85. The van der Waals surface area contributed by atoms with E-state index in [1.807, 2.05) is 30.5 Å². The molecule has 0 spiro atoms. The van der Waals surface area contributed by atoms with E-state index in [0.29, 0.717) is 28.2 Å². The summed E-state index contributed by atoms with van der Waals surface area (Å²) in [5.74, 6) is 1.49. The van der Waals surface area contributed by atoms with Gasteiger partial charge in [-0.3, -0.25) is 9.36 Å². The van der Waals surface area contributed by atoms with Crippen LogP contribution in [-0.2, 0) is 17.9 Å². The Morgan fingerprint density at radius 3 is 2.81 bits per heavy atom. The van der Waals surface area contributed by atoms with Crippen molar-refractivity contribution in [2.75, 3.05) is 11.1 Å². The quantitative estimate of drug-likeness (QED) is 0.284. The number of rotatable bonds is 9. The van der Waals surface area contributed by atoms with Crippen molar-refractivity contribution in [2.24, 2.45) is 0 Å². The number of aryl methyl sites for hydroxylation is 2. The second kappa shape index (κ2) is 10.8. The van der Waals surface area contributed by atoms with E-state index in [1.165, 1.54) is 17.3 Å². The van der Waals surface area contributed by atoms with Gasteiger partial charge in [-0.25, -0.2) is 0 Å². The molecule has 0 saturated carbocycles. The van der Waals surface area contributed by atoms with Gasteiger partial charge in [-0.05, 0) is 59.6 Å². The van der Waals surface area contributed by atoms with Gasteiger partial charge in [0.1, 0.15) is 12.4 Å². The Labute approximate surface area is 199 Å². The molecule has 3 aromatic rings. The van der Waals surface area contributed by atoms with Gasteiger partial charge < -0.3 is 10.1 Å². The molecule has 1 amide bonds. The van der Waals surface area contributed by atoms with Gasteiger partial charge in [-0.15, -0.1) is 16.8 Å². The van der Waals surface area contributed by atoms with E-state index in [9.17, 15) is 4.79 Å². The zero-order chi connectivity index (χ0) is 22.4. The molecule has 0 radical (unpaired) electrons. The molecule has 1 N–H and O–H groups in total. The summed E-state index contributed by atoms with van der Waals surface area (Å²) >= 11 is 10.7. The third kappa shape index (κ3) is 6.35. The molecule has 0 aliphatic heterocycles. The second-order valence-corrected chi connectivity index (χ2v) is 9.03. The van der Waals surface area contributed by atoms with Gasteiger partial charge in [-0.1, -0.05) is 47.1 Å². The summed E-state index contributed by atoms with van der Waals surface area (Å²) in [7, 11) is 0. The van der Waals surface area contributed by atoms with Crippen LogP contribution in [-0.4, -0.2) is 26.4 Å². The van der Waals surface area contributed by atoms with Crippen LogP contribution < -0.4 is 10.1 Å². The number of anilines is 1. The van der Waals surface area contributed by atoms with Gasteiger partial charge in [0, 0.05) is 16.7 Å². The lowest BCUT2D eigenvalue weighted by atomic mass is 10.1. The first kappa shape index (κ1) is 23.4. The maximum Gasteiger partial charge on any atom is 0.234 e. The highest BCUT2D eigenvalue weighted by atomic mass is 79.9. The van der Waals surface area contributed by atoms with Crippen LogP contribution in [0.3, 0.4) is 0 Å². The number of carbonyl (C=O) groups is 1. The molecular weight excluding hydrogens is 500 g/mol. The van der Waals surface area contributed by atoms with Crippen LogP contribution in [0.1, 0.15) is 17.0 Å². The number of aromatic nitrogens is 3. The first-order chi connectivity index (χ1) is 14.9. The summed E-state index contributed by atoms with van der Waals surface area (Å²) in [5, 5.41) is 12.5. The monoisotopic (exact) mass is 520 g/mol. The molecule has 1 heterocycles. The summed E-state index contributed by atoms with van der Waals surface area (Å²) in [6.45, 7) is 8.65. The number of hydrogen-bond acceptors (Lipinski definition) is 5. The van der Waals surface area contributed by atoms with E-state index in [4.69, 9.17) is 16.3 Å². The lowest BCUT2D eigenvalue weighted by molar-refractivity contribution is -0.113. The highest BCUT2D eigenvalue weighted by Crippen LogP contribution is 2.26. The van der Waals surface area contributed by atoms with Gasteiger partial charge in [-0.2, -0.15) is 0 Å². The molecular formula is C22H22BrClN4O2S. The Bertz CT molecular complexity index is 1100. The van der Waals surface area contributed by atoms with Crippen LogP contribution in [0, 0.1) is 13.8 Å². The summed E-state index contributed by atoms with van der Waals surface area (Å²) in [6.07, 6.45) is 1.76. The van der Waals surface area contributed by atoms with E-state index in [0.717, 1.165) is 15.8 Å². The number of allylic oxidation sites excluding steroid dienone is 1. The number of ether oxygens (including phenoxy) is 1. The van der Waals surface area contributed by atoms with Crippen molar-refractivity contribution in [3.63, 3.8) is 0 Å². The van der Waals surface area contributed by atoms with Crippen molar-refractivity contribution in [2.45, 2.75) is 32.2 Å². The number of benzene rings is 2. The Hall–Kier alpha value is -2.29. The van der Waals surface area contributed by atoms with Crippen molar-refractivity contribution < 1.29 is 9.53 Å².